The molecule has 0 spiro atoms. The lowest BCUT2D eigenvalue weighted by atomic mass is 10.3. The number of aliphatic carboxylic acids is 1. The minimum atomic E-state index is -0.777. The summed E-state index contributed by atoms with van der Waals surface area (Å²) in [5, 5.41) is 13.5. The van der Waals surface area contributed by atoms with Gasteiger partial charge >= 0.3 is 12.0 Å². The highest BCUT2D eigenvalue weighted by Gasteiger charge is 2.20. The maximum Gasteiger partial charge on any atom is 0.317 e. The molecule has 2 amide bonds. The number of urea groups is 1. The summed E-state index contributed by atoms with van der Waals surface area (Å²) in [6.45, 7) is 3.89. The fourth-order valence-corrected chi connectivity index (χ4v) is 2.76. The molecule has 0 atom stereocenters. The van der Waals surface area contributed by atoms with Crippen LogP contribution >= 0.6 is 11.3 Å². The molecule has 0 saturated carbocycles. The first kappa shape index (κ1) is 14.8. The van der Waals surface area contributed by atoms with Crippen molar-refractivity contribution < 1.29 is 14.7 Å². The molecule has 0 radical (unpaired) electrons. The monoisotopic (exact) mass is 297 g/mol. The highest BCUT2D eigenvalue weighted by molar-refractivity contribution is 7.09. The Balaban J connectivity index is 1.67. The molecule has 6 nitrogen and oxygen atoms in total. The van der Waals surface area contributed by atoms with Crippen LogP contribution in [0.25, 0.3) is 0 Å². The van der Waals surface area contributed by atoms with Crippen LogP contribution in [0.15, 0.2) is 17.5 Å². The van der Waals surface area contributed by atoms with Crippen molar-refractivity contribution in [1.29, 1.82) is 0 Å². The van der Waals surface area contributed by atoms with Gasteiger partial charge in [0.25, 0.3) is 0 Å². The number of piperazine rings is 1. The van der Waals surface area contributed by atoms with Gasteiger partial charge in [-0.15, -0.1) is 11.3 Å². The zero-order valence-corrected chi connectivity index (χ0v) is 12.1. The van der Waals surface area contributed by atoms with E-state index in [9.17, 15) is 9.59 Å². The van der Waals surface area contributed by atoms with Crippen LogP contribution in [-0.2, 0) is 11.3 Å². The van der Waals surface area contributed by atoms with Crippen LogP contribution < -0.4 is 5.32 Å². The predicted molar refractivity (Wildman–Crippen MR) is 76.8 cm³/mol. The molecular formula is C13H19N3O3S. The maximum absolute atomic E-state index is 12.0. The Hall–Kier alpha value is -1.60. The third-order valence-electron chi connectivity index (χ3n) is 3.30. The summed E-state index contributed by atoms with van der Waals surface area (Å²) in [5.41, 5.74) is 0. The lowest BCUT2D eigenvalue weighted by Gasteiger charge is -2.34. The summed E-state index contributed by atoms with van der Waals surface area (Å²) < 4.78 is 0. The smallest absolute Gasteiger partial charge is 0.317 e. The molecule has 1 aromatic rings. The van der Waals surface area contributed by atoms with E-state index in [1.54, 1.807) is 16.2 Å². The first-order valence-electron chi connectivity index (χ1n) is 6.64. The van der Waals surface area contributed by atoms with E-state index in [1.165, 1.54) is 0 Å². The van der Waals surface area contributed by atoms with Gasteiger partial charge in [-0.2, -0.15) is 0 Å². The van der Waals surface area contributed by atoms with Crippen molar-refractivity contribution in [2.45, 2.75) is 13.0 Å². The Bertz CT molecular complexity index is 442. The Morgan fingerprint density at radius 1 is 1.30 bits per heavy atom. The van der Waals surface area contributed by atoms with E-state index in [2.05, 4.69) is 10.2 Å². The van der Waals surface area contributed by atoms with Crippen molar-refractivity contribution in [1.82, 2.24) is 15.1 Å². The number of thiophene rings is 1. The summed E-state index contributed by atoms with van der Waals surface area (Å²) in [6, 6.07) is 3.92. The molecule has 0 aliphatic carbocycles. The van der Waals surface area contributed by atoms with E-state index in [0.717, 1.165) is 18.0 Å². The molecule has 1 saturated heterocycles. The number of nitrogens with zero attached hydrogens (tertiary/aromatic N) is 2. The number of carbonyl (C=O) groups is 2. The second-order valence-electron chi connectivity index (χ2n) is 4.71. The van der Waals surface area contributed by atoms with Crippen molar-refractivity contribution >= 4 is 23.3 Å². The van der Waals surface area contributed by atoms with Gasteiger partial charge in [0.05, 0.1) is 13.0 Å². The molecule has 110 valence electrons. The summed E-state index contributed by atoms with van der Waals surface area (Å²) in [5.74, 6) is -0.777. The van der Waals surface area contributed by atoms with Crippen molar-refractivity contribution in [3.8, 4) is 0 Å². The number of rotatable bonds is 5. The van der Waals surface area contributed by atoms with Gasteiger partial charge < -0.3 is 15.3 Å². The van der Waals surface area contributed by atoms with E-state index in [-0.39, 0.29) is 12.5 Å². The average Bonchev–Trinajstić information content (AvgIpc) is 2.96. The number of amides is 2. The van der Waals surface area contributed by atoms with Crippen LogP contribution in [0.3, 0.4) is 0 Å². The summed E-state index contributed by atoms with van der Waals surface area (Å²) in [7, 11) is 0. The number of carboxylic acids is 1. The molecule has 1 fully saturated rings. The number of carbonyl (C=O) groups excluding carboxylic acids is 1. The van der Waals surface area contributed by atoms with Crippen LogP contribution in [0.2, 0.25) is 0 Å². The first-order chi connectivity index (χ1) is 9.65. The van der Waals surface area contributed by atoms with Crippen LogP contribution in [-0.4, -0.2) is 59.6 Å². The highest BCUT2D eigenvalue weighted by Crippen LogP contribution is 2.08. The van der Waals surface area contributed by atoms with Gasteiger partial charge in [0.2, 0.25) is 0 Å². The van der Waals surface area contributed by atoms with Gasteiger partial charge in [0.15, 0.2) is 0 Å². The average molecular weight is 297 g/mol. The summed E-state index contributed by atoms with van der Waals surface area (Å²) in [6.07, 6.45) is 0.157. The van der Waals surface area contributed by atoms with E-state index in [1.807, 2.05) is 17.5 Å². The van der Waals surface area contributed by atoms with Gasteiger partial charge in [-0.25, -0.2) is 4.79 Å². The maximum atomic E-state index is 12.0. The Morgan fingerprint density at radius 2 is 2.05 bits per heavy atom. The summed E-state index contributed by atoms with van der Waals surface area (Å²) >= 11 is 1.62. The van der Waals surface area contributed by atoms with Crippen LogP contribution in [0.1, 0.15) is 11.3 Å². The van der Waals surface area contributed by atoms with Gasteiger partial charge in [-0.1, -0.05) is 6.07 Å². The third kappa shape index (κ3) is 4.50. The quantitative estimate of drug-likeness (QED) is 0.852. The largest absolute Gasteiger partial charge is 0.481 e. The Kier molecular flexibility index (Phi) is 5.37. The SMILES string of the molecule is O=C(O)CCN1CCN(C(=O)NCc2cccs2)CC1. The zero-order valence-electron chi connectivity index (χ0n) is 11.2. The first-order valence-corrected chi connectivity index (χ1v) is 7.52. The molecule has 1 aliphatic rings. The fourth-order valence-electron chi connectivity index (χ4n) is 2.12. The minimum Gasteiger partial charge on any atom is -0.481 e. The second-order valence-corrected chi connectivity index (χ2v) is 5.74. The molecule has 0 unspecified atom stereocenters. The fraction of sp³-hybridized carbons (Fsp3) is 0.538. The second kappa shape index (κ2) is 7.25. The van der Waals surface area contributed by atoms with E-state index in [0.29, 0.717) is 26.2 Å². The van der Waals surface area contributed by atoms with Crippen LogP contribution in [0, 0.1) is 0 Å². The molecule has 1 aliphatic heterocycles. The Labute approximate surface area is 122 Å². The van der Waals surface area contributed by atoms with Gasteiger partial charge in [0.1, 0.15) is 0 Å². The molecule has 7 heteroatoms. The predicted octanol–water partition coefficient (Wildman–Crippen LogP) is 1.05. The summed E-state index contributed by atoms with van der Waals surface area (Å²) in [4.78, 5) is 27.5. The van der Waals surface area contributed by atoms with Gasteiger partial charge in [-0.05, 0) is 11.4 Å². The topological polar surface area (TPSA) is 72.9 Å². The molecule has 1 aromatic heterocycles. The lowest BCUT2D eigenvalue weighted by molar-refractivity contribution is -0.137. The normalized spacial score (nSPS) is 16.1. The lowest BCUT2D eigenvalue weighted by Crippen LogP contribution is -2.51. The number of nitrogens with one attached hydrogen (secondary N) is 1. The minimum absolute atomic E-state index is 0.0451. The van der Waals surface area contributed by atoms with Gasteiger partial charge in [0, 0.05) is 37.6 Å². The molecule has 0 bridgehead atoms. The van der Waals surface area contributed by atoms with Crippen molar-refractivity contribution in [2.75, 3.05) is 32.7 Å². The number of hydrogen-bond acceptors (Lipinski definition) is 4. The van der Waals surface area contributed by atoms with Crippen molar-refractivity contribution in [3.05, 3.63) is 22.4 Å². The van der Waals surface area contributed by atoms with E-state index >= 15 is 0 Å². The van der Waals surface area contributed by atoms with Crippen LogP contribution in [0.4, 0.5) is 4.79 Å². The third-order valence-corrected chi connectivity index (χ3v) is 4.17. The van der Waals surface area contributed by atoms with Gasteiger partial charge in [-0.3, -0.25) is 9.69 Å². The zero-order chi connectivity index (χ0) is 14.4. The van der Waals surface area contributed by atoms with Crippen molar-refractivity contribution in [3.63, 3.8) is 0 Å². The molecule has 2 N–H and O–H groups in total. The highest BCUT2D eigenvalue weighted by atomic mass is 32.1. The molecular weight excluding hydrogens is 278 g/mol. The molecule has 0 aromatic carbocycles. The van der Waals surface area contributed by atoms with E-state index < -0.39 is 5.97 Å². The molecule has 2 rings (SSSR count). The van der Waals surface area contributed by atoms with E-state index in [4.69, 9.17) is 5.11 Å². The number of hydrogen-bond donors (Lipinski definition) is 2. The Morgan fingerprint density at radius 3 is 2.65 bits per heavy atom. The molecule has 2 heterocycles. The standard InChI is InChI=1S/C13H19N3O3S/c17-12(18)3-4-15-5-7-16(8-6-15)13(19)14-10-11-2-1-9-20-11/h1-2,9H,3-8,10H2,(H,14,19)(H,17,18). The van der Waals surface area contributed by atoms with Crippen molar-refractivity contribution in [2.24, 2.45) is 0 Å². The molecule has 20 heavy (non-hydrogen) atoms. The number of carboxylic acid groups (broad SMARTS) is 1. The van der Waals surface area contributed by atoms with Crippen LogP contribution in [0.5, 0.6) is 0 Å².